The van der Waals surface area contributed by atoms with Crippen molar-refractivity contribution in [1.29, 1.82) is 0 Å². The van der Waals surface area contributed by atoms with Crippen LogP contribution in [0.2, 0.25) is 0 Å². The summed E-state index contributed by atoms with van der Waals surface area (Å²) in [7, 11) is 0. The fourth-order valence-corrected chi connectivity index (χ4v) is 1.42. The SMILES string of the molecule is CC[C@H](O)[C@H]1CC(O)C(=O)C1=O. The summed E-state index contributed by atoms with van der Waals surface area (Å²) >= 11 is 0. The zero-order valence-corrected chi connectivity index (χ0v) is 6.86. The van der Waals surface area contributed by atoms with Crippen LogP contribution >= 0.6 is 0 Å². The Morgan fingerprint density at radius 2 is 2.08 bits per heavy atom. The van der Waals surface area contributed by atoms with Gasteiger partial charge in [0.2, 0.25) is 11.6 Å². The number of ketones is 2. The maximum absolute atomic E-state index is 11.0. The van der Waals surface area contributed by atoms with Crippen LogP contribution in [0.25, 0.3) is 0 Å². The van der Waals surface area contributed by atoms with E-state index < -0.39 is 29.7 Å². The molecular formula is C8H12O4. The van der Waals surface area contributed by atoms with E-state index in [1.807, 2.05) is 0 Å². The molecule has 12 heavy (non-hydrogen) atoms. The maximum atomic E-state index is 11.0. The molecular weight excluding hydrogens is 160 g/mol. The summed E-state index contributed by atoms with van der Waals surface area (Å²) in [5.41, 5.74) is 0. The van der Waals surface area contributed by atoms with Gasteiger partial charge in [0.15, 0.2) is 0 Å². The van der Waals surface area contributed by atoms with Crippen molar-refractivity contribution in [2.45, 2.75) is 32.0 Å². The van der Waals surface area contributed by atoms with E-state index in [-0.39, 0.29) is 6.42 Å². The number of rotatable bonds is 2. The minimum atomic E-state index is -1.19. The van der Waals surface area contributed by atoms with Crippen molar-refractivity contribution >= 4 is 11.6 Å². The molecule has 0 amide bonds. The molecule has 1 rings (SSSR count). The molecule has 0 aromatic rings. The molecule has 0 bridgehead atoms. The van der Waals surface area contributed by atoms with Crippen LogP contribution in [-0.2, 0) is 9.59 Å². The Bertz CT molecular complexity index is 211. The second kappa shape index (κ2) is 3.33. The van der Waals surface area contributed by atoms with Crippen LogP contribution in [0.15, 0.2) is 0 Å². The molecule has 4 heteroatoms. The van der Waals surface area contributed by atoms with Crippen molar-refractivity contribution in [2.24, 2.45) is 5.92 Å². The second-order valence-corrected chi connectivity index (χ2v) is 3.06. The van der Waals surface area contributed by atoms with Gasteiger partial charge in [-0.25, -0.2) is 0 Å². The van der Waals surface area contributed by atoms with Gasteiger partial charge in [-0.15, -0.1) is 0 Å². The number of hydrogen-bond acceptors (Lipinski definition) is 4. The highest BCUT2D eigenvalue weighted by Crippen LogP contribution is 2.23. The number of hydrogen-bond donors (Lipinski definition) is 2. The first-order valence-electron chi connectivity index (χ1n) is 4.02. The van der Waals surface area contributed by atoms with Crippen molar-refractivity contribution in [3.63, 3.8) is 0 Å². The van der Waals surface area contributed by atoms with E-state index in [0.717, 1.165) is 0 Å². The van der Waals surface area contributed by atoms with Gasteiger partial charge in [-0.05, 0) is 12.8 Å². The van der Waals surface area contributed by atoms with Gasteiger partial charge >= 0.3 is 0 Å². The molecule has 1 saturated carbocycles. The summed E-state index contributed by atoms with van der Waals surface area (Å²) in [5, 5.41) is 18.3. The minimum Gasteiger partial charge on any atom is -0.392 e. The molecule has 1 aliphatic carbocycles. The smallest absolute Gasteiger partial charge is 0.227 e. The van der Waals surface area contributed by atoms with E-state index in [9.17, 15) is 14.7 Å². The number of Topliss-reactive ketones (excluding diaryl/α,β-unsaturated/α-hetero) is 2. The Morgan fingerprint density at radius 1 is 1.50 bits per heavy atom. The van der Waals surface area contributed by atoms with E-state index >= 15 is 0 Å². The first kappa shape index (κ1) is 9.35. The molecule has 1 fully saturated rings. The van der Waals surface area contributed by atoms with Crippen LogP contribution in [0.4, 0.5) is 0 Å². The van der Waals surface area contributed by atoms with Crippen LogP contribution in [0.1, 0.15) is 19.8 Å². The Morgan fingerprint density at radius 3 is 2.42 bits per heavy atom. The van der Waals surface area contributed by atoms with E-state index in [1.54, 1.807) is 6.92 Å². The molecule has 0 spiro atoms. The fourth-order valence-electron chi connectivity index (χ4n) is 1.42. The van der Waals surface area contributed by atoms with Crippen molar-refractivity contribution in [3.05, 3.63) is 0 Å². The molecule has 0 aromatic heterocycles. The van der Waals surface area contributed by atoms with Crippen LogP contribution in [0.5, 0.6) is 0 Å². The molecule has 1 unspecified atom stereocenters. The van der Waals surface area contributed by atoms with Gasteiger partial charge in [0.1, 0.15) is 6.10 Å². The number of aliphatic hydroxyl groups excluding tert-OH is 2. The van der Waals surface area contributed by atoms with E-state index in [2.05, 4.69) is 0 Å². The van der Waals surface area contributed by atoms with Gasteiger partial charge in [-0.3, -0.25) is 9.59 Å². The maximum Gasteiger partial charge on any atom is 0.227 e. The summed E-state index contributed by atoms with van der Waals surface area (Å²) in [6.07, 6.45) is -1.48. The number of carbonyl (C=O) groups is 2. The lowest BCUT2D eigenvalue weighted by Gasteiger charge is -2.12. The molecule has 0 radical (unpaired) electrons. The molecule has 0 saturated heterocycles. The first-order valence-corrected chi connectivity index (χ1v) is 4.02. The van der Waals surface area contributed by atoms with Crippen molar-refractivity contribution in [1.82, 2.24) is 0 Å². The normalized spacial score (nSPS) is 32.6. The van der Waals surface area contributed by atoms with Crippen LogP contribution in [0, 0.1) is 5.92 Å². The highest BCUT2D eigenvalue weighted by Gasteiger charge is 2.42. The van der Waals surface area contributed by atoms with Crippen molar-refractivity contribution in [2.75, 3.05) is 0 Å². The lowest BCUT2D eigenvalue weighted by Crippen LogP contribution is -2.26. The standard InChI is InChI=1S/C8H12O4/c1-2-5(9)4-3-6(10)8(12)7(4)11/h4-6,9-10H,2-3H2,1H3/t4-,5+,6?/m1/s1. The van der Waals surface area contributed by atoms with Crippen molar-refractivity contribution in [3.8, 4) is 0 Å². The summed E-state index contributed by atoms with van der Waals surface area (Å²) in [5.74, 6) is -2.07. The van der Waals surface area contributed by atoms with Crippen LogP contribution < -0.4 is 0 Å². The Hall–Kier alpha value is -0.740. The third kappa shape index (κ3) is 1.40. The number of carbonyl (C=O) groups excluding carboxylic acids is 2. The zero-order chi connectivity index (χ0) is 9.30. The predicted octanol–water partition coefficient (Wildman–Crippen LogP) is -0.724. The third-order valence-electron chi connectivity index (χ3n) is 2.24. The highest BCUT2D eigenvalue weighted by molar-refractivity contribution is 6.41. The average Bonchev–Trinajstić information content (AvgIpc) is 2.32. The van der Waals surface area contributed by atoms with Crippen LogP contribution in [-0.4, -0.2) is 34.0 Å². The summed E-state index contributed by atoms with van der Waals surface area (Å²) < 4.78 is 0. The Balaban J connectivity index is 2.71. The number of aliphatic hydroxyl groups is 2. The molecule has 68 valence electrons. The van der Waals surface area contributed by atoms with E-state index in [1.165, 1.54) is 0 Å². The second-order valence-electron chi connectivity index (χ2n) is 3.06. The van der Waals surface area contributed by atoms with E-state index in [0.29, 0.717) is 6.42 Å². The van der Waals surface area contributed by atoms with Gasteiger partial charge in [0.05, 0.1) is 12.0 Å². The topological polar surface area (TPSA) is 74.6 Å². The molecule has 1 aliphatic rings. The molecule has 0 aromatic carbocycles. The van der Waals surface area contributed by atoms with Gasteiger partial charge in [-0.1, -0.05) is 6.92 Å². The monoisotopic (exact) mass is 172 g/mol. The molecule has 3 atom stereocenters. The summed E-state index contributed by atoms with van der Waals surface area (Å²) in [4.78, 5) is 21.9. The highest BCUT2D eigenvalue weighted by atomic mass is 16.3. The Kier molecular flexibility index (Phi) is 2.59. The quantitative estimate of drug-likeness (QED) is 0.539. The lowest BCUT2D eigenvalue weighted by molar-refractivity contribution is -0.139. The first-order chi connectivity index (χ1) is 5.57. The average molecular weight is 172 g/mol. The molecule has 0 aliphatic heterocycles. The largest absolute Gasteiger partial charge is 0.392 e. The molecule has 0 heterocycles. The molecule has 2 N–H and O–H groups in total. The Labute approximate surface area is 70.2 Å². The minimum absolute atomic E-state index is 0.0761. The van der Waals surface area contributed by atoms with Gasteiger partial charge in [0, 0.05) is 0 Å². The third-order valence-corrected chi connectivity index (χ3v) is 2.24. The van der Waals surface area contributed by atoms with E-state index in [4.69, 9.17) is 5.11 Å². The zero-order valence-electron chi connectivity index (χ0n) is 6.86. The van der Waals surface area contributed by atoms with Gasteiger partial charge in [0.25, 0.3) is 0 Å². The molecule has 4 nitrogen and oxygen atoms in total. The fraction of sp³-hybridized carbons (Fsp3) is 0.750. The van der Waals surface area contributed by atoms with Gasteiger partial charge < -0.3 is 10.2 Å². The van der Waals surface area contributed by atoms with Gasteiger partial charge in [-0.2, -0.15) is 0 Å². The van der Waals surface area contributed by atoms with Crippen molar-refractivity contribution < 1.29 is 19.8 Å². The lowest BCUT2D eigenvalue weighted by atomic mass is 9.98. The summed E-state index contributed by atoms with van der Waals surface area (Å²) in [6, 6.07) is 0. The summed E-state index contributed by atoms with van der Waals surface area (Å²) in [6.45, 7) is 1.73. The van der Waals surface area contributed by atoms with Crippen LogP contribution in [0.3, 0.4) is 0 Å². The predicted molar refractivity (Wildman–Crippen MR) is 40.4 cm³/mol.